The van der Waals surface area contributed by atoms with Gasteiger partial charge in [-0.15, -0.1) is 0 Å². The molecule has 3 unspecified atom stereocenters. The molecule has 2 bridgehead atoms. The first-order chi connectivity index (χ1) is 10.5. The van der Waals surface area contributed by atoms with E-state index in [-0.39, 0.29) is 13.2 Å². The van der Waals surface area contributed by atoms with Gasteiger partial charge in [0.15, 0.2) is 0 Å². The highest BCUT2D eigenvalue weighted by atomic mass is 32.2. The van der Waals surface area contributed by atoms with Crippen LogP contribution in [-0.2, 0) is 28.5 Å². The van der Waals surface area contributed by atoms with Gasteiger partial charge in [0.25, 0.3) is 10.1 Å². The molecule has 0 amide bonds. The number of fused-ring (bicyclic) bond motifs is 2. The molecule has 128 valence electrons. The summed E-state index contributed by atoms with van der Waals surface area (Å²) in [5.41, 5.74) is 0. The van der Waals surface area contributed by atoms with Crippen molar-refractivity contribution in [2.24, 2.45) is 17.8 Å². The van der Waals surface area contributed by atoms with Crippen molar-refractivity contribution in [2.75, 3.05) is 52.5 Å². The van der Waals surface area contributed by atoms with Crippen LogP contribution in [0.2, 0.25) is 0 Å². The fourth-order valence-corrected chi connectivity index (χ4v) is 3.38. The Balaban J connectivity index is 1.33. The Morgan fingerprint density at radius 3 is 2.09 bits per heavy atom. The third-order valence-corrected chi connectivity index (χ3v) is 4.61. The van der Waals surface area contributed by atoms with Gasteiger partial charge in [-0.2, -0.15) is 8.42 Å². The largest absolute Gasteiger partial charge is 0.379 e. The van der Waals surface area contributed by atoms with Gasteiger partial charge in [-0.3, -0.25) is 4.18 Å². The molecular formula is C15H26O6S. The van der Waals surface area contributed by atoms with Gasteiger partial charge < -0.3 is 14.2 Å². The molecule has 7 heteroatoms. The Hall–Kier alpha value is -0.470. The molecule has 0 radical (unpaired) electrons. The van der Waals surface area contributed by atoms with Crippen LogP contribution in [0.1, 0.15) is 12.8 Å². The molecule has 1 fully saturated rings. The molecule has 2 aliphatic carbocycles. The summed E-state index contributed by atoms with van der Waals surface area (Å²) in [4.78, 5) is 0. The van der Waals surface area contributed by atoms with Gasteiger partial charge in [0.1, 0.15) is 0 Å². The third-order valence-electron chi connectivity index (χ3n) is 4.02. The summed E-state index contributed by atoms with van der Waals surface area (Å²) in [6, 6.07) is 0. The van der Waals surface area contributed by atoms with E-state index in [1.807, 2.05) is 0 Å². The molecule has 0 N–H and O–H groups in total. The Morgan fingerprint density at radius 2 is 1.55 bits per heavy atom. The smallest absolute Gasteiger partial charge is 0.264 e. The number of rotatable bonds is 12. The van der Waals surface area contributed by atoms with Gasteiger partial charge >= 0.3 is 0 Å². The molecule has 0 aromatic carbocycles. The summed E-state index contributed by atoms with van der Waals surface area (Å²) >= 11 is 0. The highest BCUT2D eigenvalue weighted by Crippen LogP contribution is 2.43. The lowest BCUT2D eigenvalue weighted by Crippen LogP contribution is -2.17. The number of hydrogen-bond donors (Lipinski definition) is 0. The van der Waals surface area contributed by atoms with Crippen molar-refractivity contribution in [2.45, 2.75) is 12.8 Å². The van der Waals surface area contributed by atoms with E-state index in [2.05, 4.69) is 16.3 Å². The first-order valence-corrected chi connectivity index (χ1v) is 9.62. The van der Waals surface area contributed by atoms with Gasteiger partial charge in [0, 0.05) is 0 Å². The lowest BCUT2D eigenvalue weighted by atomic mass is 9.95. The minimum Gasteiger partial charge on any atom is -0.379 e. The van der Waals surface area contributed by atoms with Crippen molar-refractivity contribution in [1.29, 1.82) is 0 Å². The fourth-order valence-electron chi connectivity index (χ4n) is 3.01. The van der Waals surface area contributed by atoms with E-state index in [0.29, 0.717) is 32.3 Å². The topological polar surface area (TPSA) is 71.1 Å². The Bertz CT molecular complexity index is 447. The van der Waals surface area contributed by atoms with Crippen molar-refractivity contribution >= 4 is 10.1 Å². The maximum atomic E-state index is 10.7. The second kappa shape index (κ2) is 8.98. The van der Waals surface area contributed by atoms with Gasteiger partial charge in [-0.05, 0) is 30.6 Å². The Morgan fingerprint density at radius 1 is 0.909 bits per heavy atom. The van der Waals surface area contributed by atoms with Crippen LogP contribution in [0.15, 0.2) is 12.2 Å². The number of ether oxygens (including phenoxy) is 3. The maximum Gasteiger partial charge on any atom is 0.264 e. The average Bonchev–Trinajstić information content (AvgIpc) is 3.06. The maximum absolute atomic E-state index is 10.7. The van der Waals surface area contributed by atoms with Crippen molar-refractivity contribution in [3.05, 3.63) is 12.2 Å². The Labute approximate surface area is 132 Å². The summed E-state index contributed by atoms with van der Waals surface area (Å²) in [7, 11) is -3.37. The number of allylic oxidation sites excluding steroid dienone is 2. The van der Waals surface area contributed by atoms with Crippen molar-refractivity contribution in [1.82, 2.24) is 0 Å². The fraction of sp³-hybridized carbons (Fsp3) is 0.867. The summed E-state index contributed by atoms with van der Waals surface area (Å²) < 4.78 is 42.1. The van der Waals surface area contributed by atoms with Gasteiger partial charge in [-0.1, -0.05) is 12.2 Å². The van der Waals surface area contributed by atoms with Crippen molar-refractivity contribution < 1.29 is 26.8 Å². The van der Waals surface area contributed by atoms with E-state index in [1.165, 1.54) is 12.8 Å². The van der Waals surface area contributed by atoms with E-state index in [9.17, 15) is 8.42 Å². The van der Waals surface area contributed by atoms with Crippen LogP contribution in [0.25, 0.3) is 0 Å². The predicted octanol–water partition coefficient (Wildman–Crippen LogP) is 1.22. The van der Waals surface area contributed by atoms with E-state index >= 15 is 0 Å². The van der Waals surface area contributed by atoms with Crippen LogP contribution in [-0.4, -0.2) is 60.9 Å². The lowest BCUT2D eigenvalue weighted by molar-refractivity contribution is 0.00180. The van der Waals surface area contributed by atoms with Crippen LogP contribution >= 0.6 is 0 Å². The standard InChI is InChI=1S/C15H26O6S/c1-22(16,17)21-9-8-19-5-4-18-6-7-20-12-15-11-13-2-3-14(15)10-13/h2-3,13-15H,4-12H2,1H3. The molecule has 0 aromatic heterocycles. The van der Waals surface area contributed by atoms with Crippen LogP contribution in [0, 0.1) is 17.8 Å². The highest BCUT2D eigenvalue weighted by molar-refractivity contribution is 7.85. The van der Waals surface area contributed by atoms with Crippen LogP contribution in [0.4, 0.5) is 0 Å². The zero-order valence-electron chi connectivity index (χ0n) is 13.1. The van der Waals surface area contributed by atoms with E-state index in [4.69, 9.17) is 14.2 Å². The molecule has 22 heavy (non-hydrogen) atoms. The molecule has 2 aliphatic rings. The molecule has 2 rings (SSSR count). The molecule has 0 heterocycles. The predicted molar refractivity (Wildman–Crippen MR) is 82.1 cm³/mol. The monoisotopic (exact) mass is 334 g/mol. The van der Waals surface area contributed by atoms with E-state index in [1.54, 1.807) is 0 Å². The lowest BCUT2D eigenvalue weighted by Gasteiger charge is -2.17. The first-order valence-electron chi connectivity index (χ1n) is 7.80. The van der Waals surface area contributed by atoms with Crippen molar-refractivity contribution in [3.8, 4) is 0 Å². The molecule has 3 atom stereocenters. The van der Waals surface area contributed by atoms with Gasteiger partial charge in [-0.25, -0.2) is 0 Å². The summed E-state index contributed by atoms with van der Waals surface area (Å²) in [6.07, 6.45) is 8.27. The second-order valence-corrected chi connectivity index (χ2v) is 7.51. The van der Waals surface area contributed by atoms with Crippen molar-refractivity contribution in [3.63, 3.8) is 0 Å². The minimum absolute atomic E-state index is 0.0416. The van der Waals surface area contributed by atoms with Gasteiger partial charge in [0.2, 0.25) is 0 Å². The SMILES string of the molecule is CS(=O)(=O)OCCOCCOCCOCC1CC2C=CC1C2. The zero-order chi connectivity index (χ0) is 15.8. The summed E-state index contributed by atoms with van der Waals surface area (Å²) in [6.45, 7) is 3.16. The second-order valence-electron chi connectivity index (χ2n) is 5.87. The quantitative estimate of drug-likeness (QED) is 0.304. The van der Waals surface area contributed by atoms with Gasteiger partial charge in [0.05, 0.1) is 52.5 Å². The molecular weight excluding hydrogens is 308 g/mol. The van der Waals surface area contributed by atoms with Crippen LogP contribution < -0.4 is 0 Å². The summed E-state index contributed by atoms with van der Waals surface area (Å²) in [5, 5.41) is 0. The molecule has 0 saturated heterocycles. The first kappa shape index (κ1) is 17.9. The molecule has 6 nitrogen and oxygen atoms in total. The highest BCUT2D eigenvalue weighted by Gasteiger charge is 2.35. The minimum atomic E-state index is -3.37. The molecule has 0 aliphatic heterocycles. The normalized spacial score (nSPS) is 26.9. The third kappa shape index (κ3) is 6.75. The summed E-state index contributed by atoms with van der Waals surface area (Å²) in [5.74, 6) is 2.21. The molecule has 0 aromatic rings. The average molecular weight is 334 g/mol. The Kier molecular flexibility index (Phi) is 7.30. The molecule has 1 saturated carbocycles. The van der Waals surface area contributed by atoms with E-state index < -0.39 is 10.1 Å². The zero-order valence-corrected chi connectivity index (χ0v) is 13.9. The molecule has 0 spiro atoms. The van der Waals surface area contributed by atoms with Crippen LogP contribution in [0.3, 0.4) is 0 Å². The number of hydrogen-bond acceptors (Lipinski definition) is 6. The van der Waals surface area contributed by atoms with E-state index in [0.717, 1.165) is 24.7 Å². The van der Waals surface area contributed by atoms with Crippen LogP contribution in [0.5, 0.6) is 0 Å².